The van der Waals surface area contributed by atoms with E-state index in [2.05, 4.69) is 10.3 Å². The average Bonchev–Trinajstić information content (AvgIpc) is 3.36. The van der Waals surface area contributed by atoms with Crippen LogP contribution >= 0.6 is 22.6 Å². The van der Waals surface area contributed by atoms with Gasteiger partial charge >= 0.3 is 0 Å². The lowest BCUT2D eigenvalue weighted by molar-refractivity contribution is -0.133. The number of hydrogen-bond donors (Lipinski definition) is 1. The zero-order valence-electron chi connectivity index (χ0n) is 22.0. The molecular formula is C30H23F2IN6O3. The van der Waals surface area contributed by atoms with Crippen LogP contribution in [0.3, 0.4) is 0 Å². The highest BCUT2D eigenvalue weighted by Gasteiger charge is 2.48. The van der Waals surface area contributed by atoms with Crippen LogP contribution in [0.2, 0.25) is 0 Å². The fourth-order valence-corrected chi connectivity index (χ4v) is 5.93. The zero-order chi connectivity index (χ0) is 30.0. The van der Waals surface area contributed by atoms with Gasteiger partial charge in [-0.2, -0.15) is 10.5 Å². The molecule has 2 aromatic carbocycles. The van der Waals surface area contributed by atoms with E-state index in [-0.39, 0.29) is 41.4 Å². The number of pyridine rings is 1. The first-order valence-corrected chi connectivity index (χ1v) is 14.1. The van der Waals surface area contributed by atoms with Gasteiger partial charge in [-0.3, -0.25) is 24.2 Å². The molecule has 2 heterocycles. The van der Waals surface area contributed by atoms with E-state index in [0.29, 0.717) is 9.13 Å². The van der Waals surface area contributed by atoms with Crippen LogP contribution in [0.4, 0.5) is 20.3 Å². The Labute approximate surface area is 253 Å². The lowest BCUT2D eigenvalue weighted by Gasteiger charge is -2.39. The third kappa shape index (κ3) is 5.81. The molecule has 1 saturated heterocycles. The molecule has 42 heavy (non-hydrogen) atoms. The number of benzene rings is 2. The first-order chi connectivity index (χ1) is 20.1. The molecule has 2 fully saturated rings. The lowest BCUT2D eigenvalue weighted by atomic mass is 9.87. The van der Waals surface area contributed by atoms with Crippen LogP contribution < -0.4 is 15.1 Å². The van der Waals surface area contributed by atoms with Gasteiger partial charge in [0.15, 0.2) is 0 Å². The molecule has 2 atom stereocenters. The highest BCUT2D eigenvalue weighted by molar-refractivity contribution is 14.1. The minimum atomic E-state index is -2.87. The Morgan fingerprint density at radius 1 is 1.07 bits per heavy atom. The molecule has 0 spiro atoms. The van der Waals surface area contributed by atoms with Crippen molar-refractivity contribution in [3.05, 3.63) is 87.1 Å². The van der Waals surface area contributed by atoms with E-state index < -0.39 is 48.7 Å². The summed E-state index contributed by atoms with van der Waals surface area (Å²) in [6.45, 7) is 0. The highest BCUT2D eigenvalue weighted by Crippen LogP contribution is 2.39. The van der Waals surface area contributed by atoms with Crippen LogP contribution in [-0.2, 0) is 14.4 Å². The van der Waals surface area contributed by atoms with Crippen molar-refractivity contribution in [3.63, 3.8) is 0 Å². The van der Waals surface area contributed by atoms with Crippen molar-refractivity contribution in [3.8, 4) is 12.1 Å². The zero-order valence-corrected chi connectivity index (χ0v) is 24.2. The molecule has 1 saturated carbocycles. The number of halogens is 3. The monoisotopic (exact) mass is 680 g/mol. The Morgan fingerprint density at radius 2 is 1.79 bits per heavy atom. The van der Waals surface area contributed by atoms with Gasteiger partial charge in [-0.05, 0) is 71.0 Å². The van der Waals surface area contributed by atoms with Crippen LogP contribution in [0.1, 0.15) is 48.4 Å². The first-order valence-electron chi connectivity index (χ1n) is 13.1. The maximum atomic E-state index is 14.6. The van der Waals surface area contributed by atoms with E-state index in [1.54, 1.807) is 42.5 Å². The quantitative estimate of drug-likeness (QED) is 0.363. The Hall–Kier alpha value is -4.43. The summed E-state index contributed by atoms with van der Waals surface area (Å²) in [5, 5.41) is 21.6. The van der Waals surface area contributed by atoms with Crippen molar-refractivity contribution in [1.29, 1.82) is 10.5 Å². The van der Waals surface area contributed by atoms with Gasteiger partial charge in [0, 0.05) is 40.8 Å². The minimum absolute atomic E-state index is 0.0256. The van der Waals surface area contributed by atoms with Crippen molar-refractivity contribution in [2.24, 2.45) is 0 Å². The van der Waals surface area contributed by atoms with Crippen LogP contribution in [0.5, 0.6) is 0 Å². The number of hydrogen-bond acceptors (Lipinski definition) is 6. The van der Waals surface area contributed by atoms with Crippen LogP contribution in [-0.4, -0.2) is 40.7 Å². The second-order valence-electron chi connectivity index (χ2n) is 10.1. The lowest BCUT2D eigenvalue weighted by Crippen LogP contribution is -2.56. The predicted molar refractivity (Wildman–Crippen MR) is 156 cm³/mol. The molecule has 12 heteroatoms. The van der Waals surface area contributed by atoms with E-state index in [4.69, 9.17) is 0 Å². The molecule has 1 aromatic heterocycles. The summed E-state index contributed by atoms with van der Waals surface area (Å²) in [6, 6.07) is 16.8. The topological polar surface area (TPSA) is 130 Å². The van der Waals surface area contributed by atoms with Crippen molar-refractivity contribution in [1.82, 2.24) is 10.3 Å². The Kier molecular flexibility index (Phi) is 8.18. The number of rotatable bonds is 7. The predicted octanol–water partition coefficient (Wildman–Crippen LogP) is 4.61. The van der Waals surface area contributed by atoms with Gasteiger partial charge in [-0.15, -0.1) is 0 Å². The number of nitrogens with one attached hydrogen (secondary N) is 1. The molecule has 0 unspecified atom stereocenters. The summed E-state index contributed by atoms with van der Waals surface area (Å²) >= 11 is 2.04. The van der Waals surface area contributed by atoms with Crippen molar-refractivity contribution in [2.75, 3.05) is 9.80 Å². The summed E-state index contributed by atoms with van der Waals surface area (Å²) in [6.07, 6.45) is 0.478. The van der Waals surface area contributed by atoms with Gasteiger partial charge in [0.1, 0.15) is 17.9 Å². The highest BCUT2D eigenvalue weighted by atomic mass is 127. The number of anilines is 2. The van der Waals surface area contributed by atoms with Crippen LogP contribution in [0.25, 0.3) is 0 Å². The number of nitriles is 2. The van der Waals surface area contributed by atoms with E-state index in [1.165, 1.54) is 34.2 Å². The molecule has 0 bridgehead atoms. The molecule has 3 amide bonds. The molecule has 212 valence electrons. The molecule has 1 aliphatic heterocycles. The van der Waals surface area contributed by atoms with Gasteiger partial charge in [0.25, 0.3) is 11.8 Å². The van der Waals surface area contributed by atoms with Crippen molar-refractivity contribution in [2.45, 2.75) is 49.7 Å². The van der Waals surface area contributed by atoms with E-state index in [1.807, 2.05) is 34.7 Å². The summed E-state index contributed by atoms with van der Waals surface area (Å²) in [5.41, 5.74) is 1.14. The van der Waals surface area contributed by atoms with E-state index in [0.717, 1.165) is 0 Å². The normalized spacial score (nSPS) is 18.4. The van der Waals surface area contributed by atoms with Gasteiger partial charge in [-0.1, -0.05) is 24.3 Å². The maximum absolute atomic E-state index is 14.6. The number of carbonyl (C=O) groups is 3. The SMILES string of the molecule is N#Cc1cccc(N(C(=O)[C@@H]2CCC(=O)N2c2cc(C#N)ccn2)[C@H](C(=O)NC2CC(F)(F)C2)c2ccccc2I)c1. The summed E-state index contributed by atoms with van der Waals surface area (Å²) in [5.74, 6) is -4.43. The van der Waals surface area contributed by atoms with Crippen LogP contribution in [0, 0.1) is 26.2 Å². The molecule has 3 aromatic rings. The molecule has 1 aliphatic carbocycles. The van der Waals surface area contributed by atoms with Crippen LogP contribution in [0.15, 0.2) is 66.9 Å². The average molecular weight is 680 g/mol. The second kappa shape index (κ2) is 11.8. The third-order valence-electron chi connectivity index (χ3n) is 7.25. The molecule has 5 rings (SSSR count). The maximum Gasteiger partial charge on any atom is 0.252 e. The molecule has 9 nitrogen and oxygen atoms in total. The fourth-order valence-electron chi connectivity index (χ4n) is 5.25. The second-order valence-corrected chi connectivity index (χ2v) is 11.3. The summed E-state index contributed by atoms with van der Waals surface area (Å²) in [4.78, 5) is 48.3. The fraction of sp³-hybridized carbons (Fsp3) is 0.267. The third-order valence-corrected chi connectivity index (χ3v) is 8.23. The number of alkyl halides is 2. The summed E-state index contributed by atoms with van der Waals surface area (Å²) in [7, 11) is 0. The van der Waals surface area contributed by atoms with Gasteiger partial charge < -0.3 is 5.32 Å². The number of amides is 3. The van der Waals surface area contributed by atoms with Crippen molar-refractivity contribution < 1.29 is 23.2 Å². The number of carbonyl (C=O) groups excluding carboxylic acids is 3. The standard InChI is InChI=1S/C30H23F2IN6O3/c31-30(32)14-20(15-30)37-28(41)27(22-6-1-2-7-23(22)33)38(21-5-3-4-18(12-21)16-34)29(42)24-8-9-26(40)39(24)25-13-19(17-35)10-11-36-25/h1-7,10-13,20,24,27H,8-9,14-15H2,(H,37,41)/t24-,27-/m0/s1. The smallest absolute Gasteiger partial charge is 0.252 e. The molecule has 1 N–H and O–H groups in total. The Morgan fingerprint density at radius 3 is 2.48 bits per heavy atom. The van der Waals surface area contributed by atoms with Gasteiger partial charge in [0.05, 0.1) is 23.3 Å². The largest absolute Gasteiger partial charge is 0.351 e. The number of nitrogens with zero attached hydrogens (tertiary/aromatic N) is 5. The molecule has 0 radical (unpaired) electrons. The van der Waals surface area contributed by atoms with E-state index >= 15 is 0 Å². The van der Waals surface area contributed by atoms with Gasteiger partial charge in [0.2, 0.25) is 11.8 Å². The molecule has 2 aliphatic rings. The number of aromatic nitrogens is 1. The minimum Gasteiger partial charge on any atom is -0.351 e. The first kappa shape index (κ1) is 29.1. The molecular weight excluding hydrogens is 657 g/mol. The van der Waals surface area contributed by atoms with Gasteiger partial charge in [-0.25, -0.2) is 13.8 Å². The summed E-state index contributed by atoms with van der Waals surface area (Å²) < 4.78 is 27.9. The van der Waals surface area contributed by atoms with Crippen molar-refractivity contribution >= 4 is 51.8 Å². The Bertz CT molecular complexity index is 1640. The Balaban J connectivity index is 1.62. The van der Waals surface area contributed by atoms with E-state index in [9.17, 15) is 33.7 Å².